The van der Waals surface area contributed by atoms with Crippen LogP contribution in [0, 0.1) is 5.92 Å². The summed E-state index contributed by atoms with van der Waals surface area (Å²) in [6.45, 7) is 4.26. The molecule has 0 bridgehead atoms. The molecule has 1 aliphatic rings. The molecule has 7 N–H and O–H groups in total. The second kappa shape index (κ2) is 12.8. The van der Waals surface area contributed by atoms with Crippen LogP contribution < -0.4 is 16.4 Å². The van der Waals surface area contributed by atoms with Crippen LogP contribution in [0.2, 0.25) is 0 Å². The summed E-state index contributed by atoms with van der Waals surface area (Å²) >= 11 is 0. The van der Waals surface area contributed by atoms with E-state index in [9.17, 15) is 24.3 Å². The Hall–Kier alpha value is -4.19. The van der Waals surface area contributed by atoms with Gasteiger partial charge in [0.15, 0.2) is 0 Å². The van der Waals surface area contributed by atoms with E-state index in [1.54, 1.807) is 6.20 Å². The molecule has 12 heteroatoms. The molecular weight excluding hydrogens is 514 g/mol. The molecule has 1 aliphatic heterocycles. The first-order valence-corrected chi connectivity index (χ1v) is 13.6. The third-order valence-electron chi connectivity index (χ3n) is 7.71. The zero-order chi connectivity index (χ0) is 28.8. The molecule has 3 amide bonds. The van der Waals surface area contributed by atoms with Crippen molar-refractivity contribution in [1.82, 2.24) is 30.5 Å². The number of fused-ring (bicyclic) bond motifs is 1. The fourth-order valence-electron chi connectivity index (χ4n) is 5.08. The smallest absolute Gasteiger partial charge is 0.326 e. The standard InChI is InChI=1S/C28H37N7O5/c1-3-16(2)24(29)27(38)35-10-6-9-23(35)26(37)33-21(11-17-13-31-20-8-5-4-7-19(17)20)25(36)34-22(28(39)40)12-18-14-30-15-32-18/h4-5,7-8,13-16,21-24,31H,3,6,9-12,29H2,1-2H3,(H,30,32)(H,33,37)(H,34,36)(H,39,40). The van der Waals surface area contributed by atoms with Gasteiger partial charge in [0, 0.05) is 48.4 Å². The third-order valence-corrected chi connectivity index (χ3v) is 7.71. The molecule has 0 aliphatic carbocycles. The Morgan fingerprint density at radius 3 is 2.62 bits per heavy atom. The van der Waals surface area contributed by atoms with E-state index < -0.39 is 42.0 Å². The molecule has 3 heterocycles. The van der Waals surface area contributed by atoms with Gasteiger partial charge < -0.3 is 36.3 Å². The number of rotatable bonds is 12. The summed E-state index contributed by atoms with van der Waals surface area (Å²) in [6.07, 6.45) is 6.62. The van der Waals surface area contributed by atoms with Gasteiger partial charge in [-0.05, 0) is 30.4 Å². The summed E-state index contributed by atoms with van der Waals surface area (Å²) in [4.78, 5) is 63.6. The average molecular weight is 552 g/mol. The van der Waals surface area contributed by atoms with Gasteiger partial charge >= 0.3 is 5.97 Å². The van der Waals surface area contributed by atoms with Crippen LogP contribution in [0.15, 0.2) is 43.0 Å². The number of carboxylic acids is 1. The van der Waals surface area contributed by atoms with Crippen molar-refractivity contribution in [2.24, 2.45) is 11.7 Å². The molecule has 4 rings (SSSR count). The van der Waals surface area contributed by atoms with Crippen LogP contribution in [0.4, 0.5) is 0 Å². The molecule has 214 valence electrons. The quantitative estimate of drug-likeness (QED) is 0.194. The molecule has 0 saturated carbocycles. The number of hydrogen-bond acceptors (Lipinski definition) is 6. The maximum absolute atomic E-state index is 13.5. The van der Waals surface area contributed by atoms with E-state index in [0.717, 1.165) is 22.9 Å². The third kappa shape index (κ3) is 6.50. The number of carbonyl (C=O) groups excluding carboxylic acids is 3. The van der Waals surface area contributed by atoms with Gasteiger partial charge in [-0.3, -0.25) is 14.4 Å². The Labute approximate surface area is 232 Å². The Balaban J connectivity index is 1.55. The fraction of sp³-hybridized carbons (Fsp3) is 0.464. The topological polar surface area (TPSA) is 186 Å². The number of nitrogens with one attached hydrogen (secondary N) is 4. The number of nitrogens with zero attached hydrogens (tertiary/aromatic N) is 2. The Bertz CT molecular complexity index is 1340. The Morgan fingerprint density at radius 2 is 1.93 bits per heavy atom. The zero-order valence-corrected chi connectivity index (χ0v) is 22.7. The van der Waals surface area contributed by atoms with Gasteiger partial charge in [-0.1, -0.05) is 38.5 Å². The zero-order valence-electron chi connectivity index (χ0n) is 22.7. The molecule has 1 aromatic carbocycles. The van der Waals surface area contributed by atoms with Crippen molar-refractivity contribution in [1.29, 1.82) is 0 Å². The second-order valence-corrected chi connectivity index (χ2v) is 10.4. The van der Waals surface area contributed by atoms with E-state index in [-0.39, 0.29) is 24.7 Å². The second-order valence-electron chi connectivity index (χ2n) is 10.4. The van der Waals surface area contributed by atoms with E-state index in [1.807, 2.05) is 38.1 Å². The number of carboxylic acid groups (broad SMARTS) is 1. The summed E-state index contributed by atoms with van der Waals surface area (Å²) in [5.41, 5.74) is 8.39. The van der Waals surface area contributed by atoms with Gasteiger partial charge in [-0.25, -0.2) is 9.78 Å². The van der Waals surface area contributed by atoms with E-state index in [4.69, 9.17) is 5.73 Å². The molecule has 12 nitrogen and oxygen atoms in total. The van der Waals surface area contributed by atoms with E-state index >= 15 is 0 Å². The number of amides is 3. The lowest BCUT2D eigenvalue weighted by molar-refractivity contribution is -0.143. The maximum Gasteiger partial charge on any atom is 0.326 e. The molecule has 5 atom stereocenters. The van der Waals surface area contributed by atoms with E-state index in [1.165, 1.54) is 17.4 Å². The first kappa shape index (κ1) is 28.8. The van der Waals surface area contributed by atoms with Gasteiger partial charge in [-0.15, -0.1) is 0 Å². The van der Waals surface area contributed by atoms with Crippen molar-refractivity contribution >= 4 is 34.6 Å². The number of nitrogens with two attached hydrogens (primary N) is 1. The normalized spacial score (nSPS) is 18.2. The van der Waals surface area contributed by atoms with Crippen molar-refractivity contribution in [3.63, 3.8) is 0 Å². The number of hydrogen-bond donors (Lipinski definition) is 6. The maximum atomic E-state index is 13.5. The van der Waals surface area contributed by atoms with Crippen molar-refractivity contribution in [3.05, 3.63) is 54.2 Å². The number of para-hydroxylation sites is 1. The fourth-order valence-corrected chi connectivity index (χ4v) is 5.08. The predicted octanol–water partition coefficient (Wildman–Crippen LogP) is 1.09. The van der Waals surface area contributed by atoms with Crippen molar-refractivity contribution in [2.45, 2.75) is 70.1 Å². The van der Waals surface area contributed by atoms with Gasteiger partial charge in [0.05, 0.1) is 12.4 Å². The number of carbonyl (C=O) groups is 4. The summed E-state index contributed by atoms with van der Waals surface area (Å²) < 4.78 is 0. The summed E-state index contributed by atoms with van der Waals surface area (Å²) in [5.74, 6) is -2.65. The molecular formula is C28H37N7O5. The number of H-pyrrole nitrogens is 2. The van der Waals surface area contributed by atoms with Gasteiger partial charge in [0.25, 0.3) is 0 Å². The number of benzene rings is 1. The molecule has 0 spiro atoms. The number of imidazole rings is 1. The highest BCUT2D eigenvalue weighted by atomic mass is 16.4. The number of aromatic amines is 2. The minimum atomic E-state index is -1.24. The highest BCUT2D eigenvalue weighted by molar-refractivity contribution is 5.95. The monoisotopic (exact) mass is 551 g/mol. The van der Waals surface area contributed by atoms with E-state index in [0.29, 0.717) is 25.1 Å². The number of likely N-dealkylation sites (tertiary alicyclic amines) is 1. The SMILES string of the molecule is CCC(C)C(N)C(=O)N1CCCC1C(=O)NC(Cc1c[nH]c2ccccc12)C(=O)NC(Cc1cnc[nH]1)C(=O)O. The first-order valence-electron chi connectivity index (χ1n) is 13.6. The highest BCUT2D eigenvalue weighted by Gasteiger charge is 2.39. The molecule has 1 fully saturated rings. The molecule has 3 aromatic rings. The van der Waals surface area contributed by atoms with Crippen LogP contribution in [-0.2, 0) is 32.0 Å². The largest absolute Gasteiger partial charge is 0.480 e. The molecule has 5 unspecified atom stereocenters. The van der Waals surface area contributed by atoms with Crippen molar-refractivity contribution < 1.29 is 24.3 Å². The average Bonchev–Trinajstić information content (AvgIpc) is 3.72. The van der Waals surface area contributed by atoms with E-state index in [2.05, 4.69) is 25.6 Å². The lowest BCUT2D eigenvalue weighted by Crippen LogP contribution is -2.57. The van der Waals surface area contributed by atoms with Crippen LogP contribution in [-0.4, -0.2) is 79.4 Å². The number of aliphatic carboxylic acids is 1. The Kier molecular flexibility index (Phi) is 9.20. The van der Waals surface area contributed by atoms with Crippen LogP contribution in [0.3, 0.4) is 0 Å². The molecule has 2 aromatic heterocycles. The lowest BCUT2D eigenvalue weighted by atomic mass is 9.98. The van der Waals surface area contributed by atoms with Gasteiger partial charge in [-0.2, -0.15) is 0 Å². The highest BCUT2D eigenvalue weighted by Crippen LogP contribution is 2.22. The summed E-state index contributed by atoms with van der Waals surface area (Å²) in [7, 11) is 0. The van der Waals surface area contributed by atoms with Gasteiger partial charge in [0.1, 0.15) is 18.1 Å². The number of aromatic nitrogens is 3. The van der Waals surface area contributed by atoms with Crippen LogP contribution in [0.1, 0.15) is 44.4 Å². The molecule has 0 radical (unpaired) electrons. The minimum Gasteiger partial charge on any atom is -0.480 e. The molecule has 40 heavy (non-hydrogen) atoms. The minimum absolute atomic E-state index is 0.00672. The molecule has 1 saturated heterocycles. The van der Waals surface area contributed by atoms with Crippen molar-refractivity contribution in [2.75, 3.05) is 6.54 Å². The predicted molar refractivity (Wildman–Crippen MR) is 148 cm³/mol. The summed E-state index contributed by atoms with van der Waals surface area (Å²) in [5, 5.41) is 16.1. The van der Waals surface area contributed by atoms with Crippen molar-refractivity contribution in [3.8, 4) is 0 Å². The Morgan fingerprint density at radius 1 is 1.15 bits per heavy atom. The van der Waals surface area contributed by atoms with Gasteiger partial charge in [0.2, 0.25) is 17.7 Å². The lowest BCUT2D eigenvalue weighted by Gasteiger charge is -2.30. The van der Waals surface area contributed by atoms with Crippen LogP contribution >= 0.6 is 0 Å². The van der Waals surface area contributed by atoms with Crippen LogP contribution in [0.5, 0.6) is 0 Å². The van der Waals surface area contributed by atoms with Crippen LogP contribution in [0.25, 0.3) is 10.9 Å². The summed E-state index contributed by atoms with van der Waals surface area (Å²) in [6, 6.07) is 3.76. The first-order chi connectivity index (χ1) is 19.2.